The molecule has 3 aromatic rings. The number of nitrogens with zero attached hydrogens (tertiary/aromatic N) is 1. The fourth-order valence-corrected chi connectivity index (χ4v) is 2.16. The number of carbonyl (C=O) groups is 1. The Morgan fingerprint density at radius 3 is 2.77 bits per heavy atom. The molecular weight excluding hydrogens is 282 g/mol. The number of aromatic carboxylic acids is 1. The quantitative estimate of drug-likeness (QED) is 0.794. The van der Waals surface area contributed by atoms with Gasteiger partial charge in [0.25, 0.3) is 0 Å². The number of hydrogen-bond donors (Lipinski definition) is 1. The summed E-state index contributed by atoms with van der Waals surface area (Å²) in [5, 5.41) is 9.23. The van der Waals surface area contributed by atoms with E-state index in [-0.39, 0.29) is 11.5 Å². The predicted octanol–water partition coefficient (Wildman–Crippen LogP) is 3.72. The highest BCUT2D eigenvalue weighted by Crippen LogP contribution is 2.29. The summed E-state index contributed by atoms with van der Waals surface area (Å²) >= 11 is 0. The molecule has 0 radical (unpaired) electrons. The summed E-state index contributed by atoms with van der Waals surface area (Å²) in [6.07, 6.45) is 1.57. The Hall–Kier alpha value is -3.08. The molecule has 0 atom stereocenters. The molecule has 5 heteroatoms. The van der Waals surface area contributed by atoms with E-state index in [2.05, 4.69) is 4.98 Å². The maximum atomic E-state index is 11.3. The molecule has 22 heavy (non-hydrogen) atoms. The van der Waals surface area contributed by atoms with Crippen molar-refractivity contribution in [1.29, 1.82) is 0 Å². The van der Waals surface area contributed by atoms with E-state index in [1.807, 2.05) is 24.3 Å². The van der Waals surface area contributed by atoms with Gasteiger partial charge >= 0.3 is 5.97 Å². The molecule has 0 unspecified atom stereocenters. The van der Waals surface area contributed by atoms with Crippen LogP contribution in [0.4, 0.5) is 0 Å². The fraction of sp³-hybridized carbons (Fsp3) is 0.0588. The summed E-state index contributed by atoms with van der Waals surface area (Å²) in [6, 6.07) is 14.0. The first-order valence-electron chi connectivity index (χ1n) is 6.62. The average Bonchev–Trinajstić information content (AvgIpc) is 3.05. The topological polar surface area (TPSA) is 72.6 Å². The molecule has 0 amide bonds. The second kappa shape index (κ2) is 5.73. The van der Waals surface area contributed by atoms with Crippen molar-refractivity contribution >= 4 is 5.97 Å². The van der Waals surface area contributed by atoms with Crippen molar-refractivity contribution in [2.45, 2.75) is 0 Å². The molecule has 0 spiro atoms. The van der Waals surface area contributed by atoms with Gasteiger partial charge in [-0.25, -0.2) is 9.78 Å². The summed E-state index contributed by atoms with van der Waals surface area (Å²) in [4.78, 5) is 15.5. The lowest BCUT2D eigenvalue weighted by Gasteiger charge is -2.02. The third-order valence-corrected chi connectivity index (χ3v) is 3.25. The highest BCUT2D eigenvalue weighted by atomic mass is 16.5. The number of hydrogen-bond acceptors (Lipinski definition) is 4. The molecule has 0 bridgehead atoms. The summed E-state index contributed by atoms with van der Waals surface area (Å²) in [5.41, 5.74) is 1.41. The maximum Gasteiger partial charge on any atom is 0.336 e. The number of carboxylic acid groups (broad SMARTS) is 1. The molecule has 110 valence electrons. The van der Waals surface area contributed by atoms with Gasteiger partial charge in [-0.1, -0.05) is 24.3 Å². The molecule has 0 aliphatic carbocycles. The van der Waals surface area contributed by atoms with E-state index < -0.39 is 5.97 Å². The Bertz CT molecular complexity index is 823. The molecule has 1 N–H and O–H groups in total. The second-order valence-electron chi connectivity index (χ2n) is 4.61. The Labute approximate surface area is 126 Å². The maximum absolute atomic E-state index is 11.3. The zero-order chi connectivity index (χ0) is 15.5. The molecule has 0 saturated heterocycles. The standard InChI is InChI=1S/C17H13NO4/c1-21-12-6-4-5-11(9-12)15-10-18-16(22-15)13-7-2-3-8-14(13)17(19)20/h2-10H,1H3,(H,19,20). The first-order valence-corrected chi connectivity index (χ1v) is 6.62. The number of methoxy groups -OCH3 is 1. The lowest BCUT2D eigenvalue weighted by molar-refractivity contribution is 0.0697. The third-order valence-electron chi connectivity index (χ3n) is 3.25. The van der Waals surface area contributed by atoms with Crippen LogP contribution in [0.3, 0.4) is 0 Å². The van der Waals surface area contributed by atoms with Crippen LogP contribution in [0, 0.1) is 0 Å². The third kappa shape index (κ3) is 2.56. The largest absolute Gasteiger partial charge is 0.497 e. The van der Waals surface area contributed by atoms with Gasteiger partial charge in [-0.15, -0.1) is 0 Å². The van der Waals surface area contributed by atoms with Gasteiger partial charge in [0.2, 0.25) is 5.89 Å². The van der Waals surface area contributed by atoms with Gasteiger partial charge in [-0.3, -0.25) is 0 Å². The first-order chi connectivity index (χ1) is 10.7. The molecule has 0 fully saturated rings. The smallest absolute Gasteiger partial charge is 0.336 e. The second-order valence-corrected chi connectivity index (χ2v) is 4.61. The Morgan fingerprint density at radius 1 is 1.18 bits per heavy atom. The van der Waals surface area contributed by atoms with Crippen LogP contribution in [0.1, 0.15) is 10.4 Å². The van der Waals surface area contributed by atoms with E-state index in [4.69, 9.17) is 9.15 Å². The van der Waals surface area contributed by atoms with Crippen molar-refractivity contribution in [1.82, 2.24) is 4.98 Å². The zero-order valence-corrected chi connectivity index (χ0v) is 11.8. The van der Waals surface area contributed by atoms with Gasteiger partial charge in [-0.05, 0) is 24.3 Å². The molecule has 2 aromatic carbocycles. The van der Waals surface area contributed by atoms with E-state index in [1.165, 1.54) is 6.07 Å². The summed E-state index contributed by atoms with van der Waals surface area (Å²) in [6.45, 7) is 0. The van der Waals surface area contributed by atoms with Crippen LogP contribution in [0.5, 0.6) is 5.75 Å². The number of rotatable bonds is 4. The number of carboxylic acids is 1. The first kappa shape index (κ1) is 13.9. The molecule has 0 saturated carbocycles. The Morgan fingerprint density at radius 2 is 2.00 bits per heavy atom. The molecule has 0 aliphatic rings. The normalized spacial score (nSPS) is 10.4. The minimum Gasteiger partial charge on any atom is -0.497 e. The van der Waals surface area contributed by atoms with E-state index in [0.717, 1.165) is 5.56 Å². The van der Waals surface area contributed by atoms with E-state index in [9.17, 15) is 9.90 Å². The van der Waals surface area contributed by atoms with Crippen LogP contribution in [-0.4, -0.2) is 23.2 Å². The van der Waals surface area contributed by atoms with Gasteiger partial charge in [0.1, 0.15) is 5.75 Å². The fourth-order valence-electron chi connectivity index (χ4n) is 2.16. The number of aromatic nitrogens is 1. The minimum atomic E-state index is -1.02. The molecule has 5 nitrogen and oxygen atoms in total. The van der Waals surface area contributed by atoms with Crippen molar-refractivity contribution in [3.8, 4) is 28.5 Å². The monoisotopic (exact) mass is 295 g/mol. The number of oxazole rings is 1. The highest BCUT2D eigenvalue weighted by Gasteiger charge is 2.16. The lowest BCUT2D eigenvalue weighted by Crippen LogP contribution is -1.98. The van der Waals surface area contributed by atoms with Crippen LogP contribution >= 0.6 is 0 Å². The molecule has 0 aliphatic heterocycles. The average molecular weight is 295 g/mol. The lowest BCUT2D eigenvalue weighted by atomic mass is 10.1. The van der Waals surface area contributed by atoms with Crippen molar-refractivity contribution < 1.29 is 19.1 Å². The van der Waals surface area contributed by atoms with Gasteiger partial charge in [0.15, 0.2) is 5.76 Å². The summed E-state index contributed by atoms with van der Waals surface area (Å²) < 4.78 is 10.9. The highest BCUT2D eigenvalue weighted by molar-refractivity contribution is 5.94. The van der Waals surface area contributed by atoms with Crippen LogP contribution in [-0.2, 0) is 0 Å². The van der Waals surface area contributed by atoms with Gasteiger partial charge in [-0.2, -0.15) is 0 Å². The van der Waals surface area contributed by atoms with Gasteiger partial charge < -0.3 is 14.3 Å². The van der Waals surface area contributed by atoms with E-state index in [1.54, 1.807) is 31.5 Å². The summed E-state index contributed by atoms with van der Waals surface area (Å²) in [7, 11) is 1.59. The van der Waals surface area contributed by atoms with Crippen molar-refractivity contribution in [3.63, 3.8) is 0 Å². The van der Waals surface area contributed by atoms with Crippen LogP contribution in [0.25, 0.3) is 22.8 Å². The van der Waals surface area contributed by atoms with Gasteiger partial charge in [0.05, 0.1) is 24.4 Å². The van der Waals surface area contributed by atoms with Crippen LogP contribution in [0.2, 0.25) is 0 Å². The van der Waals surface area contributed by atoms with Crippen LogP contribution < -0.4 is 4.74 Å². The van der Waals surface area contributed by atoms with Crippen molar-refractivity contribution in [2.75, 3.05) is 7.11 Å². The molecule has 1 heterocycles. The number of benzene rings is 2. The summed E-state index contributed by atoms with van der Waals surface area (Å²) in [5.74, 6) is 0.517. The molecular formula is C17H13NO4. The molecule has 3 rings (SSSR count). The van der Waals surface area contributed by atoms with Gasteiger partial charge in [0, 0.05) is 5.56 Å². The SMILES string of the molecule is COc1cccc(-c2cnc(-c3ccccc3C(=O)O)o2)c1. The Kier molecular flexibility index (Phi) is 3.62. The Balaban J connectivity index is 2.02. The van der Waals surface area contributed by atoms with E-state index in [0.29, 0.717) is 17.1 Å². The van der Waals surface area contributed by atoms with Crippen molar-refractivity contribution in [2.24, 2.45) is 0 Å². The van der Waals surface area contributed by atoms with Crippen LogP contribution in [0.15, 0.2) is 59.1 Å². The predicted molar refractivity (Wildman–Crippen MR) is 80.9 cm³/mol. The van der Waals surface area contributed by atoms with Crippen molar-refractivity contribution in [3.05, 3.63) is 60.3 Å². The zero-order valence-electron chi connectivity index (χ0n) is 11.8. The molecule has 1 aromatic heterocycles. The van der Waals surface area contributed by atoms with E-state index >= 15 is 0 Å². The minimum absolute atomic E-state index is 0.154. The number of ether oxygens (including phenoxy) is 1.